The SMILES string of the molecule is CC(C)CC(NC(=O)OC(C)(C)C)C(=O)NN(CCC(N)=O)C(=O)C(F)Cl. The number of nitrogens with two attached hydrogens (primary N) is 1. The molecule has 0 saturated carbocycles. The molecule has 0 aliphatic carbocycles. The van der Waals surface area contributed by atoms with Gasteiger partial charge in [0.1, 0.15) is 11.6 Å². The first kappa shape index (κ1) is 24.9. The third-order valence-corrected chi connectivity index (χ3v) is 3.18. The van der Waals surface area contributed by atoms with E-state index in [-0.39, 0.29) is 25.3 Å². The van der Waals surface area contributed by atoms with Gasteiger partial charge in [0.2, 0.25) is 5.91 Å². The fraction of sp³-hybridized carbons (Fsp3) is 0.750. The van der Waals surface area contributed by atoms with Crippen molar-refractivity contribution in [1.29, 1.82) is 0 Å². The number of hydrogen-bond donors (Lipinski definition) is 3. The van der Waals surface area contributed by atoms with E-state index in [2.05, 4.69) is 10.7 Å². The number of carbonyl (C=O) groups is 4. The fourth-order valence-electron chi connectivity index (χ4n) is 1.92. The predicted molar refractivity (Wildman–Crippen MR) is 97.0 cm³/mol. The molecule has 27 heavy (non-hydrogen) atoms. The van der Waals surface area contributed by atoms with E-state index in [4.69, 9.17) is 22.1 Å². The first-order chi connectivity index (χ1) is 12.2. The monoisotopic (exact) mass is 410 g/mol. The highest BCUT2D eigenvalue weighted by molar-refractivity contribution is 6.29. The van der Waals surface area contributed by atoms with Crippen LogP contribution >= 0.6 is 11.6 Å². The third kappa shape index (κ3) is 11.3. The predicted octanol–water partition coefficient (Wildman–Crippen LogP) is 1.20. The van der Waals surface area contributed by atoms with Crippen LogP contribution in [-0.4, -0.2) is 52.6 Å². The normalized spacial score (nSPS) is 13.5. The van der Waals surface area contributed by atoms with Crippen molar-refractivity contribution < 1.29 is 28.3 Å². The van der Waals surface area contributed by atoms with Gasteiger partial charge in [0, 0.05) is 6.42 Å². The summed E-state index contributed by atoms with van der Waals surface area (Å²) in [7, 11) is 0. The summed E-state index contributed by atoms with van der Waals surface area (Å²) >= 11 is 5.13. The quantitative estimate of drug-likeness (QED) is 0.408. The fourth-order valence-corrected chi connectivity index (χ4v) is 2.04. The molecule has 0 saturated heterocycles. The molecule has 0 aliphatic rings. The highest BCUT2D eigenvalue weighted by Gasteiger charge is 2.29. The Hall–Kier alpha value is -2.10. The number of alkyl halides is 2. The molecular formula is C16H28ClFN4O5. The standard InChI is InChI=1S/C16H28ClFN4O5/c1-9(2)8-10(20-15(26)27-16(3,4)5)13(24)21-22(7-6-11(19)23)14(25)12(17)18/h9-10,12H,6-8H2,1-5H3,(H2,19,23)(H,20,26)(H,21,24). The lowest BCUT2D eigenvalue weighted by atomic mass is 10.0. The second kappa shape index (κ2) is 10.9. The molecule has 0 fully saturated rings. The van der Waals surface area contributed by atoms with Crippen LogP contribution in [0, 0.1) is 5.92 Å². The molecule has 0 aromatic rings. The largest absolute Gasteiger partial charge is 0.444 e. The lowest BCUT2D eigenvalue weighted by Gasteiger charge is -2.28. The summed E-state index contributed by atoms with van der Waals surface area (Å²) in [5, 5.41) is 2.98. The van der Waals surface area contributed by atoms with Crippen molar-refractivity contribution in [2.24, 2.45) is 11.7 Å². The Morgan fingerprint density at radius 1 is 1.22 bits per heavy atom. The molecule has 4 N–H and O–H groups in total. The van der Waals surface area contributed by atoms with Gasteiger partial charge in [0.15, 0.2) is 0 Å². The van der Waals surface area contributed by atoms with Crippen molar-refractivity contribution >= 4 is 35.4 Å². The minimum Gasteiger partial charge on any atom is -0.444 e. The molecule has 0 spiro atoms. The molecule has 2 unspecified atom stereocenters. The molecule has 0 aliphatic heterocycles. The second-order valence-electron chi connectivity index (χ2n) is 7.31. The second-order valence-corrected chi connectivity index (χ2v) is 7.69. The van der Waals surface area contributed by atoms with Gasteiger partial charge in [-0.2, -0.15) is 0 Å². The van der Waals surface area contributed by atoms with Crippen LogP contribution < -0.4 is 16.5 Å². The lowest BCUT2D eigenvalue weighted by Crippen LogP contribution is -2.56. The maximum Gasteiger partial charge on any atom is 0.408 e. The molecule has 156 valence electrons. The summed E-state index contributed by atoms with van der Waals surface area (Å²) in [4.78, 5) is 47.2. The van der Waals surface area contributed by atoms with E-state index in [9.17, 15) is 23.6 Å². The van der Waals surface area contributed by atoms with Crippen LogP contribution in [0.15, 0.2) is 0 Å². The molecule has 0 heterocycles. The zero-order valence-corrected chi connectivity index (χ0v) is 16.9. The Labute approximate surface area is 163 Å². The Bertz CT molecular complexity index is 551. The highest BCUT2D eigenvalue weighted by atomic mass is 35.5. The number of nitrogens with zero attached hydrogens (tertiary/aromatic N) is 1. The van der Waals surface area contributed by atoms with Crippen molar-refractivity contribution in [3.8, 4) is 0 Å². The number of carbonyl (C=O) groups excluding carboxylic acids is 4. The summed E-state index contributed by atoms with van der Waals surface area (Å²) in [6, 6.07) is -1.06. The van der Waals surface area contributed by atoms with Crippen LogP contribution in [0.5, 0.6) is 0 Å². The van der Waals surface area contributed by atoms with Gasteiger partial charge in [-0.25, -0.2) is 14.2 Å². The smallest absolute Gasteiger partial charge is 0.408 e. The number of hydrogen-bond acceptors (Lipinski definition) is 5. The topological polar surface area (TPSA) is 131 Å². The minimum absolute atomic E-state index is 0.00686. The molecule has 0 rings (SSSR count). The molecule has 0 aromatic carbocycles. The van der Waals surface area contributed by atoms with Gasteiger partial charge in [-0.15, -0.1) is 0 Å². The first-order valence-electron chi connectivity index (χ1n) is 8.40. The number of alkyl carbamates (subject to hydrolysis) is 1. The third-order valence-electron chi connectivity index (χ3n) is 2.99. The van der Waals surface area contributed by atoms with Gasteiger partial charge in [-0.1, -0.05) is 25.4 Å². The lowest BCUT2D eigenvalue weighted by molar-refractivity contribution is -0.144. The minimum atomic E-state index is -2.42. The first-order valence-corrected chi connectivity index (χ1v) is 8.84. The Balaban J connectivity index is 5.21. The molecule has 9 nitrogen and oxygen atoms in total. The molecule has 0 bridgehead atoms. The van der Waals surface area contributed by atoms with Crippen LogP contribution in [-0.2, 0) is 19.1 Å². The van der Waals surface area contributed by atoms with Crippen LogP contribution in [0.3, 0.4) is 0 Å². The Morgan fingerprint density at radius 3 is 2.19 bits per heavy atom. The summed E-state index contributed by atoms with van der Waals surface area (Å²) in [6.07, 6.45) is -0.911. The molecular weight excluding hydrogens is 383 g/mol. The van der Waals surface area contributed by atoms with E-state index in [0.717, 1.165) is 0 Å². The van der Waals surface area contributed by atoms with Crippen molar-refractivity contribution in [1.82, 2.24) is 15.8 Å². The number of hydrazine groups is 1. The number of amides is 4. The van der Waals surface area contributed by atoms with Crippen molar-refractivity contribution in [2.75, 3.05) is 6.54 Å². The molecule has 11 heteroatoms. The van der Waals surface area contributed by atoms with E-state index >= 15 is 0 Å². The Kier molecular flexibility index (Phi) is 10.1. The molecule has 0 radical (unpaired) electrons. The van der Waals surface area contributed by atoms with Gasteiger partial charge < -0.3 is 15.8 Å². The average Bonchev–Trinajstić information content (AvgIpc) is 2.47. The number of halogens is 2. The molecule has 4 amide bonds. The number of ether oxygens (including phenoxy) is 1. The van der Waals surface area contributed by atoms with Gasteiger partial charge >= 0.3 is 6.09 Å². The summed E-state index contributed by atoms with van der Waals surface area (Å²) in [5.74, 6) is -2.79. The van der Waals surface area contributed by atoms with Crippen molar-refractivity contribution in [3.05, 3.63) is 0 Å². The van der Waals surface area contributed by atoms with E-state index in [1.165, 1.54) is 0 Å². The molecule has 2 atom stereocenters. The van der Waals surface area contributed by atoms with E-state index in [1.807, 2.05) is 13.8 Å². The van der Waals surface area contributed by atoms with E-state index in [1.54, 1.807) is 20.8 Å². The van der Waals surface area contributed by atoms with Gasteiger partial charge in [0.25, 0.3) is 17.4 Å². The van der Waals surface area contributed by atoms with Crippen LogP contribution in [0.25, 0.3) is 0 Å². The summed E-state index contributed by atoms with van der Waals surface area (Å²) in [6.45, 7) is 8.27. The van der Waals surface area contributed by atoms with Crippen LogP contribution in [0.1, 0.15) is 47.5 Å². The van der Waals surface area contributed by atoms with Gasteiger partial charge in [-0.3, -0.25) is 19.8 Å². The van der Waals surface area contributed by atoms with Gasteiger partial charge in [-0.05, 0) is 33.1 Å². The summed E-state index contributed by atoms with van der Waals surface area (Å²) in [5.41, 5.74) is 3.99. The number of primary amides is 1. The zero-order valence-electron chi connectivity index (χ0n) is 16.2. The van der Waals surface area contributed by atoms with Crippen molar-refractivity contribution in [2.45, 2.75) is 64.7 Å². The number of rotatable bonds is 8. The maximum atomic E-state index is 13.1. The van der Waals surface area contributed by atoms with E-state index in [0.29, 0.717) is 5.01 Å². The Morgan fingerprint density at radius 2 is 1.78 bits per heavy atom. The van der Waals surface area contributed by atoms with Crippen molar-refractivity contribution in [3.63, 3.8) is 0 Å². The number of nitrogens with one attached hydrogen (secondary N) is 2. The van der Waals surface area contributed by atoms with Crippen LogP contribution in [0.2, 0.25) is 0 Å². The van der Waals surface area contributed by atoms with E-state index < -0.39 is 41.1 Å². The average molecular weight is 411 g/mol. The maximum absolute atomic E-state index is 13.1. The summed E-state index contributed by atoms with van der Waals surface area (Å²) < 4.78 is 18.3. The van der Waals surface area contributed by atoms with Crippen LogP contribution in [0.4, 0.5) is 9.18 Å². The highest BCUT2D eigenvalue weighted by Crippen LogP contribution is 2.10. The molecule has 0 aromatic heterocycles. The zero-order chi connectivity index (χ0) is 21.4. The van der Waals surface area contributed by atoms with Gasteiger partial charge in [0.05, 0.1) is 6.54 Å².